The van der Waals surface area contributed by atoms with E-state index in [-0.39, 0.29) is 5.04 Å². The quantitative estimate of drug-likeness (QED) is 0.755. The van der Waals surface area contributed by atoms with Crippen molar-refractivity contribution in [3.05, 3.63) is 35.7 Å². The van der Waals surface area contributed by atoms with E-state index in [9.17, 15) is 0 Å². The molecule has 0 fully saturated rings. The van der Waals surface area contributed by atoms with Crippen molar-refractivity contribution >= 4 is 8.32 Å². The number of benzene rings is 1. The second-order valence-corrected chi connectivity index (χ2v) is 12.0. The first-order chi connectivity index (χ1) is 10.2. The highest BCUT2D eigenvalue weighted by molar-refractivity contribution is 6.74. The van der Waals surface area contributed by atoms with Gasteiger partial charge in [0.05, 0.1) is 0 Å². The van der Waals surface area contributed by atoms with Gasteiger partial charge < -0.3 is 8.95 Å². The van der Waals surface area contributed by atoms with E-state index in [0.29, 0.717) is 11.7 Å². The van der Waals surface area contributed by atoms with Crippen LogP contribution in [0.5, 0.6) is 0 Å². The Morgan fingerprint density at radius 1 is 1.14 bits per heavy atom. The van der Waals surface area contributed by atoms with Crippen molar-refractivity contribution in [1.82, 2.24) is 10.1 Å². The Balaban J connectivity index is 1.92. The van der Waals surface area contributed by atoms with Crippen LogP contribution < -0.4 is 0 Å². The number of rotatable bonds is 5. The van der Waals surface area contributed by atoms with Crippen LogP contribution in [0.3, 0.4) is 0 Å². The number of nitrogens with zero attached hydrogens (tertiary/aromatic N) is 2. The maximum absolute atomic E-state index is 6.22. The Bertz CT molecular complexity index is 612. The molecule has 0 aliphatic heterocycles. The van der Waals surface area contributed by atoms with Crippen molar-refractivity contribution in [2.45, 2.75) is 52.2 Å². The molecule has 0 aliphatic rings. The van der Waals surface area contributed by atoms with Gasteiger partial charge in [-0.1, -0.05) is 50.2 Å². The van der Waals surface area contributed by atoms with E-state index >= 15 is 0 Å². The molecule has 0 radical (unpaired) electrons. The second kappa shape index (κ2) is 6.34. The summed E-state index contributed by atoms with van der Waals surface area (Å²) >= 11 is 0. The molecule has 0 bridgehead atoms. The van der Waals surface area contributed by atoms with Crippen LogP contribution in [0.25, 0.3) is 11.4 Å². The average molecular weight is 318 g/mol. The third kappa shape index (κ3) is 4.05. The van der Waals surface area contributed by atoms with Crippen LogP contribution >= 0.6 is 0 Å². The van der Waals surface area contributed by atoms with Gasteiger partial charge in [-0.3, -0.25) is 0 Å². The zero-order valence-corrected chi connectivity index (χ0v) is 15.4. The van der Waals surface area contributed by atoms with Crippen LogP contribution in [0.4, 0.5) is 0 Å². The predicted molar refractivity (Wildman–Crippen MR) is 91.3 cm³/mol. The molecule has 1 heterocycles. The molecule has 5 heteroatoms. The Labute approximate surface area is 134 Å². The highest BCUT2D eigenvalue weighted by Gasteiger charge is 2.36. The van der Waals surface area contributed by atoms with Gasteiger partial charge >= 0.3 is 0 Å². The van der Waals surface area contributed by atoms with Crippen molar-refractivity contribution in [3.63, 3.8) is 0 Å². The first kappa shape index (κ1) is 16.9. The maximum Gasteiger partial charge on any atom is 0.223 e. The van der Waals surface area contributed by atoms with E-state index < -0.39 is 8.32 Å². The number of hydrogen-bond acceptors (Lipinski definition) is 4. The maximum atomic E-state index is 6.22. The third-order valence-electron chi connectivity index (χ3n) is 4.40. The molecule has 1 aromatic carbocycles. The van der Waals surface area contributed by atoms with Gasteiger partial charge in [0.25, 0.3) is 0 Å². The molecule has 0 saturated carbocycles. The van der Waals surface area contributed by atoms with Gasteiger partial charge in [0, 0.05) is 19.1 Å². The van der Waals surface area contributed by atoms with Gasteiger partial charge in [-0.2, -0.15) is 4.98 Å². The minimum atomic E-state index is -1.65. The molecule has 0 saturated heterocycles. The van der Waals surface area contributed by atoms with Crippen molar-refractivity contribution in [3.8, 4) is 11.4 Å². The standard InChI is InChI=1S/C17H26N2O2Si/c1-13-18-16(19-21-13)15-9-7-14(8-10-15)11-12-20-22(5,6)17(2,3)4/h7-10H,11-12H2,1-6H3. The second-order valence-electron chi connectivity index (χ2n) is 7.19. The lowest BCUT2D eigenvalue weighted by Crippen LogP contribution is -2.41. The van der Waals surface area contributed by atoms with Crippen LogP contribution in [-0.2, 0) is 10.8 Å². The van der Waals surface area contributed by atoms with Gasteiger partial charge in [-0.15, -0.1) is 0 Å². The molecule has 0 unspecified atom stereocenters. The molecule has 22 heavy (non-hydrogen) atoms. The lowest BCUT2D eigenvalue weighted by Gasteiger charge is -2.36. The summed E-state index contributed by atoms with van der Waals surface area (Å²) in [5.41, 5.74) is 2.24. The van der Waals surface area contributed by atoms with Gasteiger partial charge in [-0.25, -0.2) is 0 Å². The average Bonchev–Trinajstić information content (AvgIpc) is 2.85. The molecule has 2 rings (SSSR count). The molecule has 1 aromatic heterocycles. The fourth-order valence-electron chi connectivity index (χ4n) is 1.88. The number of aromatic nitrogens is 2. The van der Waals surface area contributed by atoms with E-state index in [4.69, 9.17) is 8.95 Å². The topological polar surface area (TPSA) is 48.2 Å². The molecule has 2 aromatic rings. The molecule has 0 aliphatic carbocycles. The van der Waals surface area contributed by atoms with Crippen molar-refractivity contribution in [1.29, 1.82) is 0 Å². The zero-order valence-electron chi connectivity index (χ0n) is 14.4. The Morgan fingerprint density at radius 2 is 1.77 bits per heavy atom. The minimum absolute atomic E-state index is 0.257. The van der Waals surface area contributed by atoms with Crippen LogP contribution in [0.15, 0.2) is 28.8 Å². The van der Waals surface area contributed by atoms with E-state index in [1.54, 1.807) is 6.92 Å². The van der Waals surface area contributed by atoms with Gasteiger partial charge in [0.15, 0.2) is 8.32 Å². The molecular formula is C17H26N2O2Si. The first-order valence-corrected chi connectivity index (χ1v) is 10.6. The summed E-state index contributed by atoms with van der Waals surface area (Å²) in [6.07, 6.45) is 0.929. The predicted octanol–water partition coefficient (Wildman–Crippen LogP) is 4.61. The van der Waals surface area contributed by atoms with Crippen LogP contribution in [0.1, 0.15) is 32.2 Å². The third-order valence-corrected chi connectivity index (χ3v) is 8.94. The zero-order chi connectivity index (χ0) is 16.4. The summed E-state index contributed by atoms with van der Waals surface area (Å²) in [5.74, 6) is 1.23. The van der Waals surface area contributed by atoms with E-state index in [2.05, 4.69) is 56.1 Å². The highest BCUT2D eigenvalue weighted by atomic mass is 28.4. The smallest absolute Gasteiger partial charge is 0.223 e. The summed E-state index contributed by atoms with van der Waals surface area (Å²) < 4.78 is 11.2. The van der Waals surface area contributed by atoms with E-state index in [1.165, 1.54) is 5.56 Å². The van der Waals surface area contributed by atoms with Gasteiger partial charge in [0.2, 0.25) is 11.7 Å². The normalized spacial score (nSPS) is 12.6. The number of hydrogen-bond donors (Lipinski definition) is 0. The van der Waals surface area contributed by atoms with Crippen LogP contribution in [-0.4, -0.2) is 25.1 Å². The van der Waals surface area contributed by atoms with Gasteiger partial charge in [-0.05, 0) is 30.1 Å². The lowest BCUT2D eigenvalue weighted by molar-refractivity contribution is 0.292. The van der Waals surface area contributed by atoms with Crippen molar-refractivity contribution in [2.75, 3.05) is 6.61 Å². The van der Waals surface area contributed by atoms with E-state index in [1.807, 2.05) is 12.1 Å². The molecule has 0 spiro atoms. The lowest BCUT2D eigenvalue weighted by atomic mass is 10.1. The Morgan fingerprint density at radius 3 is 2.27 bits per heavy atom. The molecule has 0 N–H and O–H groups in total. The fraction of sp³-hybridized carbons (Fsp3) is 0.529. The largest absolute Gasteiger partial charge is 0.416 e. The van der Waals surface area contributed by atoms with Crippen LogP contribution in [0.2, 0.25) is 18.1 Å². The monoisotopic (exact) mass is 318 g/mol. The number of aryl methyl sites for hydroxylation is 1. The Kier molecular flexibility index (Phi) is 4.87. The summed E-state index contributed by atoms with van der Waals surface area (Å²) in [6, 6.07) is 8.28. The summed E-state index contributed by atoms with van der Waals surface area (Å²) in [5, 5.41) is 4.19. The first-order valence-electron chi connectivity index (χ1n) is 7.73. The SMILES string of the molecule is Cc1nc(-c2ccc(CCO[Si](C)(C)C(C)(C)C)cc2)no1. The van der Waals surface area contributed by atoms with Gasteiger partial charge in [0.1, 0.15) is 0 Å². The summed E-state index contributed by atoms with van der Waals surface area (Å²) in [7, 11) is -1.65. The fourth-order valence-corrected chi connectivity index (χ4v) is 2.92. The molecular weight excluding hydrogens is 292 g/mol. The highest BCUT2D eigenvalue weighted by Crippen LogP contribution is 2.36. The van der Waals surface area contributed by atoms with E-state index in [0.717, 1.165) is 18.6 Å². The molecule has 4 nitrogen and oxygen atoms in total. The molecule has 0 atom stereocenters. The molecule has 120 valence electrons. The van der Waals surface area contributed by atoms with Crippen molar-refractivity contribution < 1.29 is 8.95 Å². The minimum Gasteiger partial charge on any atom is -0.416 e. The summed E-state index contributed by atoms with van der Waals surface area (Å²) in [6.45, 7) is 13.9. The molecule has 0 amide bonds. The van der Waals surface area contributed by atoms with Crippen LogP contribution in [0, 0.1) is 6.92 Å². The summed E-state index contributed by atoms with van der Waals surface area (Å²) in [4.78, 5) is 4.24. The Hall–Kier alpha value is -1.46. The van der Waals surface area contributed by atoms with Crippen molar-refractivity contribution in [2.24, 2.45) is 0 Å².